The zero-order valence-corrected chi connectivity index (χ0v) is 14.4. The van der Waals surface area contributed by atoms with Gasteiger partial charge in [0.2, 0.25) is 0 Å². The van der Waals surface area contributed by atoms with Crippen molar-refractivity contribution >= 4 is 11.9 Å². The molecule has 0 aliphatic heterocycles. The van der Waals surface area contributed by atoms with Crippen LogP contribution >= 0.6 is 0 Å². The molecule has 128 valence electrons. The van der Waals surface area contributed by atoms with Gasteiger partial charge in [-0.1, -0.05) is 44.2 Å². The van der Waals surface area contributed by atoms with E-state index in [0.717, 1.165) is 11.3 Å². The van der Waals surface area contributed by atoms with Crippen molar-refractivity contribution in [3.05, 3.63) is 53.3 Å². The molecule has 1 aromatic carbocycles. The van der Waals surface area contributed by atoms with E-state index in [1.54, 1.807) is 13.1 Å². The molecule has 2 rings (SSSR count). The lowest BCUT2D eigenvalue weighted by Crippen LogP contribution is -2.44. The molecule has 0 aliphatic carbocycles. The summed E-state index contributed by atoms with van der Waals surface area (Å²) in [6, 6.07) is 10.1. The van der Waals surface area contributed by atoms with Gasteiger partial charge in [0.1, 0.15) is 11.7 Å². The van der Waals surface area contributed by atoms with E-state index in [0.29, 0.717) is 5.69 Å². The molecule has 0 bridgehead atoms. The fourth-order valence-electron chi connectivity index (χ4n) is 2.52. The number of hydrogen-bond donors (Lipinski definition) is 1. The maximum absolute atomic E-state index is 12.7. The average Bonchev–Trinajstić information content (AvgIpc) is 2.94. The van der Waals surface area contributed by atoms with E-state index in [2.05, 4.69) is 5.10 Å². The van der Waals surface area contributed by atoms with Crippen molar-refractivity contribution in [2.24, 2.45) is 7.05 Å². The molecule has 1 atom stereocenters. The number of aryl methyl sites for hydroxylation is 1. The number of amides is 1. The molecule has 0 aliphatic rings. The minimum Gasteiger partial charge on any atom is -0.480 e. The Morgan fingerprint density at radius 3 is 2.38 bits per heavy atom. The van der Waals surface area contributed by atoms with Gasteiger partial charge in [0.15, 0.2) is 0 Å². The van der Waals surface area contributed by atoms with Crippen molar-refractivity contribution in [2.45, 2.75) is 32.2 Å². The lowest BCUT2D eigenvalue weighted by Gasteiger charge is -2.25. The Morgan fingerprint density at radius 1 is 1.25 bits per heavy atom. The Kier molecular flexibility index (Phi) is 5.39. The molecule has 0 spiro atoms. The lowest BCUT2D eigenvalue weighted by molar-refractivity contribution is -0.141. The number of carboxylic acids is 1. The third kappa shape index (κ3) is 3.82. The van der Waals surface area contributed by atoms with Crippen molar-refractivity contribution in [3.63, 3.8) is 0 Å². The average molecular weight is 329 g/mol. The van der Waals surface area contributed by atoms with Crippen LogP contribution in [0.2, 0.25) is 0 Å². The highest BCUT2D eigenvalue weighted by molar-refractivity contribution is 5.95. The molecule has 1 amide bonds. The van der Waals surface area contributed by atoms with E-state index in [4.69, 9.17) is 0 Å². The van der Waals surface area contributed by atoms with E-state index >= 15 is 0 Å². The second-order valence-electron chi connectivity index (χ2n) is 6.19. The fourth-order valence-corrected chi connectivity index (χ4v) is 2.52. The topological polar surface area (TPSA) is 75.4 Å². The van der Waals surface area contributed by atoms with Crippen LogP contribution in [0.5, 0.6) is 0 Å². The predicted octanol–water partition coefficient (Wildman–Crippen LogP) is 2.31. The summed E-state index contributed by atoms with van der Waals surface area (Å²) < 4.78 is 1.51. The van der Waals surface area contributed by atoms with Gasteiger partial charge in [0, 0.05) is 20.5 Å². The Hall–Kier alpha value is -2.63. The highest BCUT2D eigenvalue weighted by atomic mass is 16.4. The van der Waals surface area contributed by atoms with Crippen molar-refractivity contribution < 1.29 is 14.7 Å². The quantitative estimate of drug-likeness (QED) is 0.882. The molecule has 2 aromatic rings. The van der Waals surface area contributed by atoms with Crippen molar-refractivity contribution in [1.29, 1.82) is 0 Å². The van der Waals surface area contributed by atoms with Crippen molar-refractivity contribution in [1.82, 2.24) is 14.7 Å². The number of carboxylic acid groups (broad SMARTS) is 1. The molecule has 0 radical (unpaired) electrons. The monoisotopic (exact) mass is 329 g/mol. The smallest absolute Gasteiger partial charge is 0.326 e. The number of carbonyl (C=O) groups is 2. The summed E-state index contributed by atoms with van der Waals surface area (Å²) in [5.74, 6) is -1.18. The Bertz CT molecular complexity index is 722. The lowest BCUT2D eigenvalue weighted by atomic mass is 10.0. The van der Waals surface area contributed by atoms with Crippen LogP contribution in [0.1, 0.15) is 41.5 Å². The molecule has 6 heteroatoms. The van der Waals surface area contributed by atoms with E-state index in [1.165, 1.54) is 16.6 Å². The summed E-state index contributed by atoms with van der Waals surface area (Å²) in [4.78, 5) is 25.7. The molecule has 1 unspecified atom stereocenters. The molecular weight excluding hydrogens is 306 g/mol. The first kappa shape index (κ1) is 17.7. The number of aliphatic carboxylic acids is 1. The van der Waals surface area contributed by atoms with Gasteiger partial charge in [-0.2, -0.15) is 5.10 Å². The minimum absolute atomic E-state index is 0.197. The molecule has 1 heterocycles. The minimum atomic E-state index is -1.03. The summed E-state index contributed by atoms with van der Waals surface area (Å²) >= 11 is 0. The van der Waals surface area contributed by atoms with Gasteiger partial charge >= 0.3 is 5.97 Å². The van der Waals surface area contributed by atoms with E-state index < -0.39 is 12.0 Å². The normalized spacial score (nSPS) is 12.2. The second-order valence-corrected chi connectivity index (χ2v) is 6.19. The molecule has 0 saturated carbocycles. The zero-order chi connectivity index (χ0) is 17.9. The van der Waals surface area contributed by atoms with E-state index in [9.17, 15) is 14.7 Å². The Labute approximate surface area is 141 Å². The van der Waals surface area contributed by atoms with Gasteiger partial charge in [0.25, 0.3) is 5.91 Å². The summed E-state index contributed by atoms with van der Waals surface area (Å²) in [6.07, 6.45) is 0.257. The first-order valence-corrected chi connectivity index (χ1v) is 7.89. The van der Waals surface area contributed by atoms with Gasteiger partial charge in [-0.05, 0) is 17.5 Å². The Morgan fingerprint density at radius 2 is 1.88 bits per heavy atom. The molecule has 0 fully saturated rings. The largest absolute Gasteiger partial charge is 0.480 e. The van der Waals surface area contributed by atoms with Crippen LogP contribution in [0.15, 0.2) is 36.4 Å². The summed E-state index contributed by atoms with van der Waals surface area (Å²) in [6.45, 7) is 3.99. The molecule has 6 nitrogen and oxygen atoms in total. The van der Waals surface area contributed by atoms with Crippen molar-refractivity contribution in [2.75, 3.05) is 7.05 Å². The maximum atomic E-state index is 12.7. The number of aromatic nitrogens is 2. The van der Waals surface area contributed by atoms with Crippen LogP contribution < -0.4 is 0 Å². The number of hydrogen-bond acceptors (Lipinski definition) is 3. The first-order valence-electron chi connectivity index (χ1n) is 7.89. The summed E-state index contributed by atoms with van der Waals surface area (Å²) in [5.41, 5.74) is 2.07. The van der Waals surface area contributed by atoms with Crippen LogP contribution in [0.3, 0.4) is 0 Å². The third-order valence-electron chi connectivity index (χ3n) is 4.05. The summed E-state index contributed by atoms with van der Waals surface area (Å²) in [7, 11) is 3.21. The molecule has 1 N–H and O–H groups in total. The number of benzene rings is 1. The molecular formula is C18H23N3O3. The predicted molar refractivity (Wildman–Crippen MR) is 91.0 cm³/mol. The molecule has 24 heavy (non-hydrogen) atoms. The van der Waals surface area contributed by atoms with Crippen molar-refractivity contribution in [3.8, 4) is 0 Å². The van der Waals surface area contributed by atoms with Gasteiger partial charge in [0.05, 0.1) is 5.69 Å². The number of likely N-dealkylation sites (N-methyl/N-ethyl adjacent to an activating group) is 1. The van der Waals surface area contributed by atoms with Gasteiger partial charge in [-0.25, -0.2) is 4.79 Å². The fraction of sp³-hybridized carbons (Fsp3) is 0.389. The highest BCUT2D eigenvalue weighted by Crippen LogP contribution is 2.17. The van der Waals surface area contributed by atoms with Crippen LogP contribution in [0.4, 0.5) is 0 Å². The number of nitrogens with zero attached hydrogens (tertiary/aromatic N) is 3. The zero-order valence-electron chi connectivity index (χ0n) is 14.4. The Balaban J connectivity index is 2.24. The van der Waals surface area contributed by atoms with Crippen LogP contribution in [-0.2, 0) is 18.3 Å². The maximum Gasteiger partial charge on any atom is 0.326 e. The molecule has 1 aromatic heterocycles. The van der Waals surface area contributed by atoms with E-state index in [1.807, 2.05) is 44.2 Å². The van der Waals surface area contributed by atoms with Gasteiger partial charge in [-0.15, -0.1) is 0 Å². The molecule has 0 saturated heterocycles. The van der Waals surface area contributed by atoms with Crippen LogP contribution in [0.25, 0.3) is 0 Å². The summed E-state index contributed by atoms with van der Waals surface area (Å²) in [5, 5.41) is 13.9. The first-order chi connectivity index (χ1) is 11.3. The van der Waals surface area contributed by atoms with Gasteiger partial charge < -0.3 is 10.0 Å². The standard InChI is InChI=1S/C18H23N3O3/c1-12(2)14-11-15(21(4)19-14)17(22)20(3)16(18(23)24)10-13-8-6-5-7-9-13/h5-9,11-12,16H,10H2,1-4H3,(H,23,24). The van der Waals surface area contributed by atoms with E-state index in [-0.39, 0.29) is 18.2 Å². The third-order valence-corrected chi connectivity index (χ3v) is 4.05. The van der Waals surface area contributed by atoms with Crippen LogP contribution in [0, 0.1) is 0 Å². The SMILES string of the molecule is CC(C)c1cc(C(=O)N(C)C(Cc2ccccc2)C(=O)O)n(C)n1. The highest BCUT2D eigenvalue weighted by Gasteiger charge is 2.29. The van der Waals surface area contributed by atoms with Gasteiger partial charge in [-0.3, -0.25) is 9.48 Å². The second kappa shape index (κ2) is 7.29. The number of rotatable bonds is 6. The van der Waals surface area contributed by atoms with Crippen LogP contribution in [-0.4, -0.2) is 44.8 Å². The number of carbonyl (C=O) groups excluding carboxylic acids is 1.